The molecule has 4 amide bonds. The Labute approximate surface area is 170 Å². The van der Waals surface area contributed by atoms with E-state index in [0.29, 0.717) is 18.8 Å². The lowest BCUT2D eigenvalue weighted by Crippen LogP contribution is -2.55. The molecule has 0 aromatic heterocycles. The molecule has 1 fully saturated rings. The van der Waals surface area contributed by atoms with Crippen LogP contribution in [0.1, 0.15) is 33.1 Å². The molecule has 1 aromatic rings. The van der Waals surface area contributed by atoms with Gasteiger partial charge in [0.1, 0.15) is 17.5 Å². The van der Waals surface area contributed by atoms with Gasteiger partial charge in [0.25, 0.3) is 5.91 Å². The predicted octanol–water partition coefficient (Wildman–Crippen LogP) is 0.961. The fraction of sp³-hybridized carbons (Fsp3) is 0.550. The number of nitrogens with zero attached hydrogens (tertiary/aromatic N) is 1. The molecule has 160 valence electrons. The molecule has 1 aromatic carbocycles. The minimum absolute atomic E-state index is 0.106. The van der Waals surface area contributed by atoms with E-state index >= 15 is 0 Å². The van der Waals surface area contributed by atoms with Gasteiger partial charge in [-0.3, -0.25) is 9.59 Å². The van der Waals surface area contributed by atoms with Crippen LogP contribution in [0.25, 0.3) is 0 Å². The average Bonchev–Trinajstić information content (AvgIpc) is 2.90. The van der Waals surface area contributed by atoms with Crippen molar-refractivity contribution in [3.05, 3.63) is 24.3 Å². The molecule has 29 heavy (non-hydrogen) atoms. The third-order valence-electron chi connectivity index (χ3n) is 4.79. The highest BCUT2D eigenvalue weighted by Crippen LogP contribution is 2.16. The lowest BCUT2D eigenvalue weighted by atomic mass is 10.0. The van der Waals surface area contributed by atoms with E-state index < -0.39 is 12.1 Å². The van der Waals surface area contributed by atoms with Crippen molar-refractivity contribution in [1.82, 2.24) is 15.5 Å². The molecule has 0 saturated carbocycles. The summed E-state index contributed by atoms with van der Waals surface area (Å²) in [5, 5.41) is 14.7. The summed E-state index contributed by atoms with van der Waals surface area (Å²) in [5.41, 5.74) is 5.21. The number of hydrogen-bond acceptors (Lipinski definition) is 5. The molecule has 9 nitrogen and oxygen atoms in total. The summed E-state index contributed by atoms with van der Waals surface area (Å²) in [5.74, 6) is 0.0156. The van der Waals surface area contributed by atoms with Crippen LogP contribution in [0, 0.1) is 5.92 Å². The van der Waals surface area contributed by atoms with Gasteiger partial charge in [-0.1, -0.05) is 13.8 Å². The van der Waals surface area contributed by atoms with E-state index in [2.05, 4.69) is 10.6 Å². The Morgan fingerprint density at radius 1 is 1.24 bits per heavy atom. The van der Waals surface area contributed by atoms with Crippen LogP contribution in [0.2, 0.25) is 0 Å². The molecular formula is C20H30N4O5. The Hall–Kier alpha value is -2.97. The molecule has 0 aliphatic carbocycles. The van der Waals surface area contributed by atoms with Gasteiger partial charge in [0, 0.05) is 19.1 Å². The zero-order chi connectivity index (χ0) is 21.4. The largest absolute Gasteiger partial charge is 0.508 e. The monoisotopic (exact) mass is 406 g/mol. The van der Waals surface area contributed by atoms with Gasteiger partial charge in [0.15, 0.2) is 6.61 Å². The number of carbonyl (C=O) groups is 3. The van der Waals surface area contributed by atoms with Crippen molar-refractivity contribution in [3.8, 4) is 11.5 Å². The van der Waals surface area contributed by atoms with E-state index in [1.165, 1.54) is 12.1 Å². The Morgan fingerprint density at radius 2 is 1.93 bits per heavy atom. The highest BCUT2D eigenvalue weighted by molar-refractivity contribution is 5.87. The Kier molecular flexibility index (Phi) is 8.11. The van der Waals surface area contributed by atoms with Gasteiger partial charge in [-0.2, -0.15) is 0 Å². The minimum Gasteiger partial charge on any atom is -0.508 e. The van der Waals surface area contributed by atoms with E-state index in [1.807, 2.05) is 13.8 Å². The van der Waals surface area contributed by atoms with Crippen molar-refractivity contribution in [1.29, 1.82) is 0 Å². The SMILES string of the molecule is CC(C)[C@H](NC(N)=O)C(=O)N1CCCCC(NC(=O)COc2ccc(O)cc2)C1. The zero-order valence-electron chi connectivity index (χ0n) is 16.9. The zero-order valence-corrected chi connectivity index (χ0v) is 16.9. The first-order valence-corrected chi connectivity index (χ1v) is 9.82. The summed E-state index contributed by atoms with van der Waals surface area (Å²) in [6.45, 7) is 4.46. The molecular weight excluding hydrogens is 376 g/mol. The van der Waals surface area contributed by atoms with Crippen molar-refractivity contribution < 1.29 is 24.2 Å². The summed E-state index contributed by atoms with van der Waals surface area (Å²) < 4.78 is 5.42. The first-order valence-electron chi connectivity index (χ1n) is 9.82. The molecule has 0 spiro atoms. The number of amides is 4. The summed E-state index contributed by atoms with van der Waals surface area (Å²) >= 11 is 0. The molecule has 0 bridgehead atoms. The van der Waals surface area contributed by atoms with Gasteiger partial charge >= 0.3 is 6.03 Å². The van der Waals surface area contributed by atoms with E-state index in [-0.39, 0.29) is 36.1 Å². The highest BCUT2D eigenvalue weighted by Gasteiger charge is 2.31. The third-order valence-corrected chi connectivity index (χ3v) is 4.79. The van der Waals surface area contributed by atoms with E-state index in [9.17, 15) is 19.5 Å². The Bertz CT molecular complexity index is 707. The second kappa shape index (κ2) is 10.5. The van der Waals surface area contributed by atoms with Crippen LogP contribution in [-0.2, 0) is 9.59 Å². The molecule has 5 N–H and O–H groups in total. The van der Waals surface area contributed by atoms with Crippen molar-refractivity contribution >= 4 is 17.8 Å². The second-order valence-corrected chi connectivity index (χ2v) is 7.56. The standard InChI is InChI=1S/C20H30N4O5/c1-13(2)18(23-20(21)28)19(27)24-10-4-3-5-14(11-24)22-17(26)12-29-16-8-6-15(25)7-9-16/h6-9,13-14,18,25H,3-5,10-12H2,1-2H3,(H,22,26)(H3,21,23,28)/t14?,18-/m0/s1. The maximum Gasteiger partial charge on any atom is 0.312 e. The Morgan fingerprint density at radius 3 is 2.55 bits per heavy atom. The molecule has 1 heterocycles. The van der Waals surface area contributed by atoms with Gasteiger partial charge in [-0.25, -0.2) is 4.79 Å². The smallest absolute Gasteiger partial charge is 0.312 e. The number of aromatic hydroxyl groups is 1. The summed E-state index contributed by atoms with van der Waals surface area (Å²) in [6.07, 6.45) is 2.46. The van der Waals surface area contributed by atoms with Crippen molar-refractivity contribution in [2.75, 3.05) is 19.7 Å². The number of rotatable bonds is 7. The number of nitrogens with two attached hydrogens (primary N) is 1. The maximum atomic E-state index is 12.9. The van der Waals surface area contributed by atoms with Gasteiger partial charge in [0.05, 0.1) is 0 Å². The molecule has 1 unspecified atom stereocenters. The summed E-state index contributed by atoms with van der Waals surface area (Å²) in [4.78, 5) is 38.1. The number of phenols is 1. The fourth-order valence-corrected chi connectivity index (χ4v) is 3.28. The first-order chi connectivity index (χ1) is 13.8. The molecule has 9 heteroatoms. The third kappa shape index (κ3) is 7.17. The van der Waals surface area contributed by atoms with Gasteiger partial charge < -0.3 is 31.1 Å². The molecule has 2 rings (SSSR count). The number of phenolic OH excluding ortho intramolecular Hbond substituents is 1. The van der Waals surface area contributed by atoms with Crippen LogP contribution < -0.4 is 21.1 Å². The molecule has 1 saturated heterocycles. The van der Waals surface area contributed by atoms with Crippen molar-refractivity contribution in [2.45, 2.75) is 45.2 Å². The normalized spacial score (nSPS) is 17.9. The number of nitrogens with one attached hydrogen (secondary N) is 2. The number of carbonyl (C=O) groups excluding carboxylic acids is 3. The highest BCUT2D eigenvalue weighted by atomic mass is 16.5. The van der Waals surface area contributed by atoms with Crippen molar-refractivity contribution in [2.24, 2.45) is 11.7 Å². The lowest BCUT2D eigenvalue weighted by Gasteiger charge is -2.30. The number of likely N-dealkylation sites (tertiary alicyclic amines) is 1. The van der Waals surface area contributed by atoms with Crippen LogP contribution in [0.4, 0.5) is 4.79 Å². The summed E-state index contributed by atoms with van der Waals surface area (Å²) in [7, 11) is 0. The predicted molar refractivity (Wildman–Crippen MR) is 107 cm³/mol. The number of hydrogen-bond donors (Lipinski definition) is 4. The average molecular weight is 406 g/mol. The molecule has 1 aliphatic rings. The number of primary amides is 1. The van der Waals surface area contributed by atoms with E-state index in [1.54, 1.807) is 17.0 Å². The number of ether oxygens (including phenoxy) is 1. The van der Waals surface area contributed by atoms with E-state index in [0.717, 1.165) is 19.3 Å². The number of urea groups is 1. The maximum absolute atomic E-state index is 12.9. The summed E-state index contributed by atoms with van der Waals surface area (Å²) in [6, 6.07) is 4.49. The Balaban J connectivity index is 1.91. The second-order valence-electron chi connectivity index (χ2n) is 7.56. The van der Waals surface area contributed by atoms with Gasteiger partial charge in [-0.05, 0) is 49.4 Å². The first kappa shape index (κ1) is 22.3. The van der Waals surface area contributed by atoms with Crippen LogP contribution in [-0.4, -0.2) is 59.6 Å². The number of benzene rings is 1. The quantitative estimate of drug-likeness (QED) is 0.535. The van der Waals surface area contributed by atoms with Gasteiger partial charge in [0.2, 0.25) is 5.91 Å². The molecule has 2 atom stereocenters. The van der Waals surface area contributed by atoms with Crippen LogP contribution in [0.3, 0.4) is 0 Å². The van der Waals surface area contributed by atoms with Gasteiger partial charge in [-0.15, -0.1) is 0 Å². The van der Waals surface area contributed by atoms with Crippen LogP contribution >= 0.6 is 0 Å². The minimum atomic E-state index is -0.733. The fourth-order valence-electron chi connectivity index (χ4n) is 3.28. The molecule has 1 aliphatic heterocycles. The lowest BCUT2D eigenvalue weighted by molar-refractivity contribution is -0.135. The van der Waals surface area contributed by atoms with E-state index in [4.69, 9.17) is 10.5 Å². The van der Waals surface area contributed by atoms with Crippen LogP contribution in [0.15, 0.2) is 24.3 Å². The topological polar surface area (TPSA) is 134 Å². The van der Waals surface area contributed by atoms with Crippen LogP contribution in [0.5, 0.6) is 11.5 Å². The molecule has 0 radical (unpaired) electrons. The van der Waals surface area contributed by atoms with Crippen molar-refractivity contribution in [3.63, 3.8) is 0 Å².